The van der Waals surface area contributed by atoms with E-state index in [9.17, 15) is 4.79 Å². The first-order chi connectivity index (χ1) is 18.6. The Bertz CT molecular complexity index is 1810. The number of nitrogens with zero attached hydrogens (tertiary/aromatic N) is 4. The molecule has 0 saturated heterocycles. The molecule has 0 radical (unpaired) electrons. The number of pyridine rings is 2. The molecule has 1 amide bonds. The molecule has 184 valence electrons. The Morgan fingerprint density at radius 3 is 2.66 bits per heavy atom. The smallest absolute Gasteiger partial charge is 0.256 e. The van der Waals surface area contributed by atoms with Crippen LogP contribution in [-0.4, -0.2) is 25.7 Å². The summed E-state index contributed by atoms with van der Waals surface area (Å²) in [6.45, 7) is 1.91. The highest BCUT2D eigenvalue weighted by molar-refractivity contribution is 7.99. The van der Waals surface area contributed by atoms with E-state index in [0.29, 0.717) is 11.3 Å². The van der Waals surface area contributed by atoms with E-state index in [1.807, 2.05) is 115 Å². The van der Waals surface area contributed by atoms with Crippen LogP contribution in [0.2, 0.25) is 0 Å². The number of benzene rings is 3. The van der Waals surface area contributed by atoms with Crippen LogP contribution in [0.15, 0.2) is 113 Å². The highest BCUT2D eigenvalue weighted by Gasteiger charge is 2.15. The van der Waals surface area contributed by atoms with Gasteiger partial charge in [0.15, 0.2) is 0 Å². The van der Waals surface area contributed by atoms with Crippen molar-refractivity contribution < 1.29 is 4.79 Å². The number of para-hydroxylation sites is 1. The van der Waals surface area contributed by atoms with Crippen molar-refractivity contribution in [2.75, 3.05) is 5.32 Å². The fraction of sp³-hybridized carbons (Fsp3) is 0.0323. The quantitative estimate of drug-likeness (QED) is 0.253. The maximum absolute atomic E-state index is 13.4. The van der Waals surface area contributed by atoms with E-state index in [1.165, 1.54) is 0 Å². The van der Waals surface area contributed by atoms with Crippen molar-refractivity contribution in [3.8, 4) is 0 Å². The Hall–Kier alpha value is -4.75. The molecule has 0 bridgehead atoms. The molecule has 0 fully saturated rings. The molecule has 6 rings (SSSR count). The lowest BCUT2D eigenvalue weighted by Gasteiger charge is -2.12. The maximum atomic E-state index is 13.4. The van der Waals surface area contributed by atoms with Gasteiger partial charge in [0.1, 0.15) is 0 Å². The summed E-state index contributed by atoms with van der Waals surface area (Å²) in [4.78, 5) is 24.2. The Morgan fingerprint density at radius 1 is 0.921 bits per heavy atom. The van der Waals surface area contributed by atoms with Crippen molar-refractivity contribution in [2.45, 2.75) is 16.7 Å². The summed E-state index contributed by atoms with van der Waals surface area (Å²) in [5.41, 5.74) is 4.83. The average molecular weight is 514 g/mol. The number of amides is 1. The zero-order chi connectivity index (χ0) is 25.9. The first-order valence-electron chi connectivity index (χ1n) is 12.2. The third-order valence-electron chi connectivity index (χ3n) is 6.17. The van der Waals surface area contributed by atoms with Crippen LogP contribution in [0, 0.1) is 6.92 Å². The Balaban J connectivity index is 1.27. The molecule has 3 aromatic heterocycles. The highest BCUT2D eigenvalue weighted by Crippen LogP contribution is 2.33. The topological polar surface area (TPSA) is 72.7 Å². The number of hydrogen-bond donors (Lipinski definition) is 1. The van der Waals surface area contributed by atoms with E-state index in [4.69, 9.17) is 0 Å². The van der Waals surface area contributed by atoms with E-state index in [0.717, 1.165) is 43.0 Å². The number of anilines is 1. The summed E-state index contributed by atoms with van der Waals surface area (Å²) in [7, 11) is 0. The summed E-state index contributed by atoms with van der Waals surface area (Å²) in [6, 6.07) is 29.5. The number of carbonyl (C=O) groups is 1. The summed E-state index contributed by atoms with van der Waals surface area (Å²) in [6.07, 6.45) is 7.44. The fourth-order valence-electron chi connectivity index (χ4n) is 4.22. The van der Waals surface area contributed by atoms with Crippen LogP contribution in [0.1, 0.15) is 21.7 Å². The predicted octanol–water partition coefficient (Wildman–Crippen LogP) is 7.32. The highest BCUT2D eigenvalue weighted by atomic mass is 32.2. The average Bonchev–Trinajstić information content (AvgIpc) is 3.35. The summed E-state index contributed by atoms with van der Waals surface area (Å²) in [5, 5.41) is 9.59. The normalized spacial score (nSPS) is 11.4. The van der Waals surface area contributed by atoms with Gasteiger partial charge in [0, 0.05) is 33.0 Å². The lowest BCUT2D eigenvalue weighted by molar-refractivity contribution is 0.102. The second-order valence-electron chi connectivity index (χ2n) is 8.75. The molecule has 38 heavy (non-hydrogen) atoms. The van der Waals surface area contributed by atoms with Gasteiger partial charge in [-0.2, -0.15) is 5.10 Å². The van der Waals surface area contributed by atoms with Gasteiger partial charge in [-0.1, -0.05) is 54.2 Å². The second-order valence-corrected chi connectivity index (χ2v) is 9.86. The molecule has 1 N–H and O–H groups in total. The standard InChI is InChI=1S/C31H23N5OS/c1-21-28(18-22-8-2-4-11-27(22)34-21)35-31(37)26-10-3-5-12-30(26)38-25-14-13-23-20-33-36(29(23)19-25)17-15-24-9-6-7-16-32-24/h2-20H,1H3,(H,35,37). The fourth-order valence-corrected chi connectivity index (χ4v) is 5.20. The zero-order valence-corrected chi connectivity index (χ0v) is 21.4. The molecule has 7 heteroatoms. The summed E-state index contributed by atoms with van der Waals surface area (Å²) < 4.78 is 1.84. The van der Waals surface area contributed by atoms with Crippen LogP contribution in [0.4, 0.5) is 5.69 Å². The van der Waals surface area contributed by atoms with Crippen LogP contribution in [0.5, 0.6) is 0 Å². The van der Waals surface area contributed by atoms with Crippen LogP contribution >= 0.6 is 11.8 Å². The number of hydrogen-bond acceptors (Lipinski definition) is 5. The lowest BCUT2D eigenvalue weighted by atomic mass is 10.1. The molecule has 0 atom stereocenters. The van der Waals surface area contributed by atoms with E-state index < -0.39 is 0 Å². The van der Waals surface area contributed by atoms with Crippen LogP contribution in [-0.2, 0) is 0 Å². The van der Waals surface area contributed by atoms with Crippen molar-refractivity contribution >= 4 is 57.4 Å². The van der Waals surface area contributed by atoms with Crippen molar-refractivity contribution in [1.29, 1.82) is 0 Å². The third-order valence-corrected chi connectivity index (χ3v) is 7.23. The molecule has 0 aliphatic rings. The zero-order valence-electron chi connectivity index (χ0n) is 20.6. The number of rotatable bonds is 6. The molecular weight excluding hydrogens is 490 g/mol. The van der Waals surface area contributed by atoms with Gasteiger partial charge in [0.2, 0.25) is 0 Å². The van der Waals surface area contributed by atoms with Crippen molar-refractivity contribution in [3.63, 3.8) is 0 Å². The first kappa shape index (κ1) is 23.6. The molecule has 3 heterocycles. The molecule has 0 spiro atoms. The van der Waals surface area contributed by atoms with Crippen molar-refractivity contribution in [1.82, 2.24) is 19.7 Å². The van der Waals surface area contributed by atoms with Gasteiger partial charge < -0.3 is 5.32 Å². The van der Waals surface area contributed by atoms with Gasteiger partial charge in [0.25, 0.3) is 5.91 Å². The minimum Gasteiger partial charge on any atom is -0.320 e. The van der Waals surface area contributed by atoms with Gasteiger partial charge in [-0.25, -0.2) is 4.68 Å². The molecule has 0 aliphatic carbocycles. The maximum Gasteiger partial charge on any atom is 0.256 e. The summed E-state index contributed by atoms with van der Waals surface area (Å²) >= 11 is 1.55. The number of nitrogens with one attached hydrogen (secondary N) is 1. The molecule has 3 aromatic carbocycles. The largest absolute Gasteiger partial charge is 0.320 e. The number of fused-ring (bicyclic) bond motifs is 2. The van der Waals surface area contributed by atoms with Crippen molar-refractivity contribution in [2.24, 2.45) is 0 Å². The SMILES string of the molecule is Cc1nc2ccccc2cc1NC(=O)c1ccccc1Sc1ccc2cnn(C=Cc3ccccn3)c2c1. The van der Waals surface area contributed by atoms with Crippen LogP contribution in [0.25, 0.3) is 34.1 Å². The lowest BCUT2D eigenvalue weighted by Crippen LogP contribution is -2.14. The van der Waals surface area contributed by atoms with E-state index in [1.54, 1.807) is 18.0 Å². The van der Waals surface area contributed by atoms with Gasteiger partial charge in [-0.15, -0.1) is 0 Å². The molecule has 6 aromatic rings. The Kier molecular flexibility index (Phi) is 6.42. The second kappa shape index (κ2) is 10.3. The first-order valence-corrected chi connectivity index (χ1v) is 13.0. The van der Waals surface area contributed by atoms with E-state index in [2.05, 4.69) is 26.4 Å². The monoisotopic (exact) mass is 513 g/mol. The van der Waals surface area contributed by atoms with Crippen molar-refractivity contribution in [3.05, 3.63) is 120 Å². The van der Waals surface area contributed by atoms with Gasteiger partial charge in [0.05, 0.1) is 39.9 Å². The molecule has 0 unspecified atom stereocenters. The minimum atomic E-state index is -0.169. The molecule has 0 aliphatic heterocycles. The van der Waals surface area contributed by atoms with Crippen LogP contribution in [0.3, 0.4) is 0 Å². The predicted molar refractivity (Wildman–Crippen MR) is 154 cm³/mol. The number of carbonyl (C=O) groups excluding carboxylic acids is 1. The number of aryl methyl sites for hydroxylation is 1. The molecule has 0 saturated carbocycles. The number of aromatic nitrogens is 4. The van der Waals surface area contributed by atoms with Gasteiger partial charge in [-0.3, -0.25) is 14.8 Å². The Morgan fingerprint density at radius 2 is 1.76 bits per heavy atom. The van der Waals surface area contributed by atoms with Crippen LogP contribution < -0.4 is 5.32 Å². The van der Waals surface area contributed by atoms with Gasteiger partial charge >= 0.3 is 0 Å². The molecular formula is C31H23N5OS. The Labute approximate surface area is 224 Å². The minimum absolute atomic E-state index is 0.169. The summed E-state index contributed by atoms with van der Waals surface area (Å²) in [5.74, 6) is -0.169. The van der Waals surface area contributed by atoms with Gasteiger partial charge in [-0.05, 0) is 61.5 Å². The molecule has 6 nitrogen and oxygen atoms in total. The van der Waals surface area contributed by atoms with E-state index >= 15 is 0 Å². The van der Waals surface area contributed by atoms with E-state index in [-0.39, 0.29) is 5.91 Å². The third kappa shape index (κ3) is 4.92.